The van der Waals surface area contributed by atoms with Gasteiger partial charge in [-0.25, -0.2) is 4.98 Å². The molecule has 94 valence electrons. The van der Waals surface area contributed by atoms with Crippen LogP contribution in [0.3, 0.4) is 0 Å². The second-order valence-electron chi connectivity index (χ2n) is 4.84. The summed E-state index contributed by atoms with van der Waals surface area (Å²) in [5, 5.41) is 3.37. The SMILES string of the molecule is CCc1ccc(-c2nc3n(c2C)CCNC3)cc1. The van der Waals surface area contributed by atoms with Gasteiger partial charge in [0.15, 0.2) is 0 Å². The molecule has 1 aliphatic rings. The normalized spacial score (nSPS) is 14.6. The van der Waals surface area contributed by atoms with Crippen molar-refractivity contribution in [1.29, 1.82) is 0 Å². The number of aryl methyl sites for hydroxylation is 1. The number of hydrogen-bond donors (Lipinski definition) is 1. The highest BCUT2D eigenvalue weighted by Crippen LogP contribution is 2.25. The fraction of sp³-hybridized carbons (Fsp3) is 0.400. The summed E-state index contributed by atoms with van der Waals surface area (Å²) in [4.78, 5) is 4.78. The summed E-state index contributed by atoms with van der Waals surface area (Å²) in [6.07, 6.45) is 1.09. The Balaban J connectivity index is 2.02. The van der Waals surface area contributed by atoms with Crippen molar-refractivity contribution in [3.8, 4) is 11.3 Å². The van der Waals surface area contributed by atoms with E-state index in [1.165, 1.54) is 16.8 Å². The van der Waals surface area contributed by atoms with Crippen molar-refractivity contribution in [1.82, 2.24) is 14.9 Å². The van der Waals surface area contributed by atoms with E-state index >= 15 is 0 Å². The van der Waals surface area contributed by atoms with Gasteiger partial charge >= 0.3 is 0 Å². The molecule has 2 aromatic rings. The van der Waals surface area contributed by atoms with Gasteiger partial charge in [-0.1, -0.05) is 31.2 Å². The number of imidazole rings is 1. The van der Waals surface area contributed by atoms with Crippen LogP contribution in [-0.2, 0) is 19.5 Å². The number of nitrogens with zero attached hydrogens (tertiary/aromatic N) is 2. The van der Waals surface area contributed by atoms with Gasteiger partial charge in [-0.15, -0.1) is 0 Å². The molecule has 0 saturated heterocycles. The average molecular weight is 241 g/mol. The molecule has 18 heavy (non-hydrogen) atoms. The van der Waals surface area contributed by atoms with Gasteiger partial charge in [0, 0.05) is 24.3 Å². The molecular formula is C15H19N3. The maximum absolute atomic E-state index is 4.78. The van der Waals surface area contributed by atoms with Crippen molar-refractivity contribution in [2.45, 2.75) is 33.4 Å². The van der Waals surface area contributed by atoms with Gasteiger partial charge < -0.3 is 9.88 Å². The van der Waals surface area contributed by atoms with E-state index in [2.05, 4.69) is 48.0 Å². The summed E-state index contributed by atoms with van der Waals surface area (Å²) >= 11 is 0. The zero-order chi connectivity index (χ0) is 12.5. The van der Waals surface area contributed by atoms with Crippen LogP contribution < -0.4 is 5.32 Å². The molecule has 1 aromatic heterocycles. The molecule has 1 aromatic carbocycles. The van der Waals surface area contributed by atoms with E-state index in [0.29, 0.717) is 0 Å². The third-order valence-corrected chi connectivity index (χ3v) is 3.73. The molecule has 2 heterocycles. The summed E-state index contributed by atoms with van der Waals surface area (Å²) in [6.45, 7) is 7.31. The highest BCUT2D eigenvalue weighted by Gasteiger charge is 2.17. The first-order chi connectivity index (χ1) is 8.79. The molecule has 0 bridgehead atoms. The second-order valence-corrected chi connectivity index (χ2v) is 4.84. The van der Waals surface area contributed by atoms with Gasteiger partial charge in [0.2, 0.25) is 0 Å². The number of nitrogens with one attached hydrogen (secondary N) is 1. The van der Waals surface area contributed by atoms with Crippen molar-refractivity contribution in [2.24, 2.45) is 0 Å². The van der Waals surface area contributed by atoms with Crippen LogP contribution in [0.2, 0.25) is 0 Å². The molecular weight excluding hydrogens is 222 g/mol. The Morgan fingerprint density at radius 1 is 1.28 bits per heavy atom. The third kappa shape index (κ3) is 1.85. The molecule has 3 rings (SSSR count). The van der Waals surface area contributed by atoms with E-state index in [4.69, 9.17) is 4.98 Å². The Kier molecular flexibility index (Phi) is 2.92. The van der Waals surface area contributed by atoms with Gasteiger partial charge in [0.05, 0.1) is 12.2 Å². The summed E-state index contributed by atoms with van der Waals surface area (Å²) in [5.74, 6) is 1.16. The smallest absolute Gasteiger partial charge is 0.123 e. The molecule has 0 spiro atoms. The number of fused-ring (bicyclic) bond motifs is 1. The minimum absolute atomic E-state index is 0.883. The maximum atomic E-state index is 4.78. The molecule has 0 atom stereocenters. The minimum Gasteiger partial charge on any atom is -0.329 e. The van der Waals surface area contributed by atoms with E-state index in [1.807, 2.05) is 0 Å². The molecule has 3 nitrogen and oxygen atoms in total. The largest absolute Gasteiger partial charge is 0.329 e. The Morgan fingerprint density at radius 2 is 2.06 bits per heavy atom. The zero-order valence-corrected chi connectivity index (χ0v) is 11.0. The topological polar surface area (TPSA) is 29.9 Å². The first-order valence-corrected chi connectivity index (χ1v) is 6.65. The summed E-state index contributed by atoms with van der Waals surface area (Å²) < 4.78 is 2.33. The monoisotopic (exact) mass is 241 g/mol. The number of hydrogen-bond acceptors (Lipinski definition) is 2. The first kappa shape index (κ1) is 11.5. The minimum atomic E-state index is 0.883. The van der Waals surface area contributed by atoms with Gasteiger partial charge in [-0.05, 0) is 18.9 Å². The molecule has 1 aliphatic heterocycles. The number of aromatic nitrogens is 2. The molecule has 0 saturated carbocycles. The molecule has 0 aliphatic carbocycles. The van der Waals surface area contributed by atoms with Crippen molar-refractivity contribution in [3.05, 3.63) is 41.3 Å². The lowest BCUT2D eigenvalue weighted by Gasteiger charge is -2.16. The Labute approximate surface area is 108 Å². The molecule has 3 heteroatoms. The van der Waals surface area contributed by atoms with Crippen molar-refractivity contribution in [3.63, 3.8) is 0 Å². The Morgan fingerprint density at radius 3 is 2.72 bits per heavy atom. The van der Waals surface area contributed by atoms with E-state index in [0.717, 1.165) is 37.6 Å². The molecule has 0 unspecified atom stereocenters. The third-order valence-electron chi connectivity index (χ3n) is 3.73. The van der Waals surface area contributed by atoms with Crippen LogP contribution in [0.1, 0.15) is 24.0 Å². The number of rotatable bonds is 2. The standard InChI is InChI=1S/C15H19N3/c1-3-12-4-6-13(7-5-12)15-11(2)18-9-8-16-10-14(18)17-15/h4-7,16H,3,8-10H2,1-2H3. The second kappa shape index (κ2) is 4.58. The van der Waals surface area contributed by atoms with Crippen LogP contribution in [0.25, 0.3) is 11.3 Å². The van der Waals surface area contributed by atoms with Gasteiger partial charge in [-0.3, -0.25) is 0 Å². The van der Waals surface area contributed by atoms with E-state index in [9.17, 15) is 0 Å². The number of benzene rings is 1. The van der Waals surface area contributed by atoms with E-state index in [1.54, 1.807) is 0 Å². The molecule has 0 fully saturated rings. The molecule has 0 radical (unpaired) electrons. The summed E-state index contributed by atoms with van der Waals surface area (Å²) in [6, 6.07) is 8.78. The Bertz CT molecular complexity index is 552. The lowest BCUT2D eigenvalue weighted by molar-refractivity contribution is 0.499. The average Bonchev–Trinajstić information content (AvgIpc) is 2.77. The quantitative estimate of drug-likeness (QED) is 0.875. The zero-order valence-electron chi connectivity index (χ0n) is 11.0. The lowest BCUT2D eigenvalue weighted by Crippen LogP contribution is -2.28. The highest BCUT2D eigenvalue weighted by atomic mass is 15.2. The van der Waals surface area contributed by atoms with Crippen LogP contribution >= 0.6 is 0 Å². The van der Waals surface area contributed by atoms with Crippen molar-refractivity contribution < 1.29 is 0 Å². The predicted octanol–water partition coefficient (Wildman–Crippen LogP) is 2.52. The maximum Gasteiger partial charge on any atom is 0.123 e. The fourth-order valence-electron chi connectivity index (χ4n) is 2.59. The highest BCUT2D eigenvalue weighted by molar-refractivity contribution is 5.62. The van der Waals surface area contributed by atoms with Crippen LogP contribution in [0.4, 0.5) is 0 Å². The van der Waals surface area contributed by atoms with Crippen LogP contribution in [0.15, 0.2) is 24.3 Å². The van der Waals surface area contributed by atoms with Gasteiger partial charge in [0.25, 0.3) is 0 Å². The van der Waals surface area contributed by atoms with Gasteiger partial charge in [0.1, 0.15) is 5.82 Å². The lowest BCUT2D eigenvalue weighted by atomic mass is 10.1. The first-order valence-electron chi connectivity index (χ1n) is 6.65. The van der Waals surface area contributed by atoms with Crippen LogP contribution in [0, 0.1) is 6.92 Å². The van der Waals surface area contributed by atoms with E-state index in [-0.39, 0.29) is 0 Å². The summed E-state index contributed by atoms with van der Waals surface area (Å²) in [5.41, 5.74) is 5.03. The fourth-order valence-corrected chi connectivity index (χ4v) is 2.59. The predicted molar refractivity (Wildman–Crippen MR) is 73.5 cm³/mol. The summed E-state index contributed by atoms with van der Waals surface area (Å²) in [7, 11) is 0. The molecule has 0 amide bonds. The van der Waals surface area contributed by atoms with Crippen LogP contribution in [0.5, 0.6) is 0 Å². The van der Waals surface area contributed by atoms with Crippen molar-refractivity contribution >= 4 is 0 Å². The van der Waals surface area contributed by atoms with E-state index < -0.39 is 0 Å². The van der Waals surface area contributed by atoms with Gasteiger partial charge in [-0.2, -0.15) is 0 Å². The molecule has 1 N–H and O–H groups in total. The van der Waals surface area contributed by atoms with Crippen LogP contribution in [-0.4, -0.2) is 16.1 Å². The Hall–Kier alpha value is -1.61. The van der Waals surface area contributed by atoms with Crippen molar-refractivity contribution in [2.75, 3.05) is 6.54 Å².